The standard InChI is InChI=1S/C26H18FN5O/c1-16-3-4-17(13-28)11-23(16)32-25-21-12-19(18-5-8-20(27)9-6-18)7-10-22(21)29-14-24(25)31(2)26(32)30-15-33/h3-12,14-15H,1-2H3/b30-26+. The monoisotopic (exact) mass is 435 g/mol. The minimum Gasteiger partial charge on any atom is -0.311 e. The Bertz CT molecular complexity index is 1670. The lowest BCUT2D eigenvalue weighted by atomic mass is 10.0. The average Bonchev–Trinajstić information content (AvgIpc) is 3.11. The van der Waals surface area contributed by atoms with Crippen molar-refractivity contribution in [3.05, 3.63) is 89.4 Å². The van der Waals surface area contributed by atoms with Crippen molar-refractivity contribution >= 4 is 28.3 Å². The van der Waals surface area contributed by atoms with Gasteiger partial charge in [0.05, 0.1) is 40.1 Å². The summed E-state index contributed by atoms with van der Waals surface area (Å²) in [4.78, 5) is 20.1. The highest BCUT2D eigenvalue weighted by molar-refractivity contribution is 6.04. The Morgan fingerprint density at radius 1 is 1.06 bits per heavy atom. The maximum Gasteiger partial charge on any atom is 0.236 e. The van der Waals surface area contributed by atoms with Gasteiger partial charge in [-0.25, -0.2) is 4.39 Å². The fourth-order valence-corrected chi connectivity index (χ4v) is 4.17. The van der Waals surface area contributed by atoms with Crippen LogP contribution < -0.4 is 5.62 Å². The zero-order valence-electron chi connectivity index (χ0n) is 18.0. The summed E-state index contributed by atoms with van der Waals surface area (Å²) in [6, 6.07) is 19.8. The maximum atomic E-state index is 13.4. The Hall–Kier alpha value is -4.57. The third-order valence-corrected chi connectivity index (χ3v) is 5.83. The van der Waals surface area contributed by atoms with Crippen LogP contribution in [0.4, 0.5) is 4.39 Å². The van der Waals surface area contributed by atoms with Gasteiger partial charge in [0.1, 0.15) is 5.82 Å². The van der Waals surface area contributed by atoms with E-state index in [-0.39, 0.29) is 5.82 Å². The second-order valence-corrected chi connectivity index (χ2v) is 7.77. The molecule has 7 heteroatoms. The fourth-order valence-electron chi connectivity index (χ4n) is 4.17. The zero-order chi connectivity index (χ0) is 23.1. The topological polar surface area (TPSA) is 76.0 Å². The summed E-state index contributed by atoms with van der Waals surface area (Å²) in [7, 11) is 1.82. The molecule has 0 saturated heterocycles. The van der Waals surface area contributed by atoms with Crippen LogP contribution in [0.15, 0.2) is 71.9 Å². The average molecular weight is 435 g/mol. The normalized spacial score (nSPS) is 11.8. The molecule has 6 nitrogen and oxygen atoms in total. The molecule has 0 fully saturated rings. The molecular formula is C26H18FN5O. The number of benzene rings is 3. The van der Waals surface area contributed by atoms with E-state index in [2.05, 4.69) is 16.0 Å². The van der Waals surface area contributed by atoms with Crippen molar-refractivity contribution in [1.29, 1.82) is 5.26 Å². The van der Waals surface area contributed by atoms with Crippen molar-refractivity contribution in [1.82, 2.24) is 14.1 Å². The number of hydrogen-bond acceptors (Lipinski definition) is 3. The number of carbonyl (C=O) groups excluding carboxylic acids is 1. The van der Waals surface area contributed by atoms with E-state index < -0.39 is 0 Å². The molecule has 5 aromatic rings. The summed E-state index contributed by atoms with van der Waals surface area (Å²) in [6.45, 7) is 1.94. The molecule has 0 aliphatic heterocycles. The van der Waals surface area contributed by atoms with Gasteiger partial charge in [0.2, 0.25) is 12.0 Å². The summed E-state index contributed by atoms with van der Waals surface area (Å²) < 4.78 is 17.1. The molecule has 0 atom stereocenters. The van der Waals surface area contributed by atoms with Crippen molar-refractivity contribution in [2.45, 2.75) is 6.92 Å². The number of carbonyl (C=O) groups is 1. The predicted molar refractivity (Wildman–Crippen MR) is 124 cm³/mol. The number of rotatable bonds is 3. The van der Waals surface area contributed by atoms with Gasteiger partial charge in [-0.1, -0.05) is 24.3 Å². The fraction of sp³-hybridized carbons (Fsp3) is 0.0769. The lowest BCUT2D eigenvalue weighted by Gasteiger charge is -2.11. The molecule has 0 unspecified atom stereocenters. The molecule has 0 aliphatic rings. The predicted octanol–water partition coefficient (Wildman–Crippen LogP) is 4.56. The molecule has 0 spiro atoms. The maximum absolute atomic E-state index is 13.4. The van der Waals surface area contributed by atoms with Crippen LogP contribution in [0.5, 0.6) is 0 Å². The van der Waals surface area contributed by atoms with Crippen LogP contribution >= 0.6 is 0 Å². The summed E-state index contributed by atoms with van der Waals surface area (Å²) in [5.41, 5.74) is 6.73. The van der Waals surface area contributed by atoms with Gasteiger partial charge in [-0.05, 0) is 60.0 Å². The number of pyridine rings is 1. The van der Waals surface area contributed by atoms with Gasteiger partial charge >= 0.3 is 0 Å². The van der Waals surface area contributed by atoms with E-state index in [1.165, 1.54) is 12.1 Å². The number of fused-ring (bicyclic) bond motifs is 3. The zero-order valence-corrected chi connectivity index (χ0v) is 18.0. The number of aryl methyl sites for hydroxylation is 2. The number of aromatic nitrogens is 3. The van der Waals surface area contributed by atoms with Crippen LogP contribution in [0.25, 0.3) is 38.8 Å². The summed E-state index contributed by atoms with van der Waals surface area (Å²) in [5.74, 6) is -0.294. The Balaban J connectivity index is 1.94. The first-order valence-electron chi connectivity index (χ1n) is 10.3. The number of amides is 1. The Labute approximate surface area is 188 Å². The minimum atomic E-state index is -0.294. The van der Waals surface area contributed by atoms with E-state index >= 15 is 0 Å². The number of nitriles is 1. The van der Waals surface area contributed by atoms with Crippen LogP contribution in [0.1, 0.15) is 11.1 Å². The molecule has 0 N–H and O–H groups in total. The van der Waals surface area contributed by atoms with Crippen molar-refractivity contribution in [2.24, 2.45) is 12.0 Å². The number of imidazole rings is 1. The first kappa shape index (κ1) is 20.3. The van der Waals surface area contributed by atoms with Gasteiger partial charge < -0.3 is 4.57 Å². The number of hydrogen-bond donors (Lipinski definition) is 0. The highest BCUT2D eigenvalue weighted by Crippen LogP contribution is 2.30. The van der Waals surface area contributed by atoms with Crippen molar-refractivity contribution in [3.63, 3.8) is 0 Å². The first-order chi connectivity index (χ1) is 16.0. The Morgan fingerprint density at radius 2 is 1.82 bits per heavy atom. The minimum absolute atomic E-state index is 0.294. The Morgan fingerprint density at radius 3 is 2.55 bits per heavy atom. The number of halogens is 1. The van der Waals surface area contributed by atoms with Crippen molar-refractivity contribution in [3.8, 4) is 22.9 Å². The third-order valence-electron chi connectivity index (χ3n) is 5.83. The molecule has 0 saturated carbocycles. The van der Waals surface area contributed by atoms with Gasteiger partial charge in [-0.15, -0.1) is 0 Å². The highest BCUT2D eigenvalue weighted by Gasteiger charge is 2.17. The third kappa shape index (κ3) is 3.29. The molecule has 2 heterocycles. The largest absolute Gasteiger partial charge is 0.311 e. The van der Waals surface area contributed by atoms with E-state index in [9.17, 15) is 14.4 Å². The van der Waals surface area contributed by atoms with Gasteiger partial charge in [0.15, 0.2) is 0 Å². The molecule has 160 valence electrons. The van der Waals surface area contributed by atoms with Gasteiger partial charge in [-0.2, -0.15) is 10.3 Å². The lowest BCUT2D eigenvalue weighted by Crippen LogP contribution is -2.24. The SMILES string of the molecule is Cc1ccc(C#N)cc1-n1/c(=N/C=O)n(C)c2cnc3ccc(-c4ccc(F)cc4)cc3c21. The molecule has 2 aromatic heterocycles. The van der Waals surface area contributed by atoms with E-state index in [1.807, 2.05) is 42.8 Å². The van der Waals surface area contributed by atoms with Crippen LogP contribution in [-0.4, -0.2) is 20.5 Å². The molecule has 1 amide bonds. The van der Waals surface area contributed by atoms with E-state index in [4.69, 9.17) is 0 Å². The van der Waals surface area contributed by atoms with Crippen LogP contribution in [0.3, 0.4) is 0 Å². The van der Waals surface area contributed by atoms with E-state index in [1.54, 1.807) is 35.0 Å². The lowest BCUT2D eigenvalue weighted by molar-refractivity contribution is -0.107. The molecular weight excluding hydrogens is 417 g/mol. The molecule has 0 radical (unpaired) electrons. The smallest absolute Gasteiger partial charge is 0.236 e. The van der Waals surface area contributed by atoms with E-state index in [0.717, 1.165) is 44.3 Å². The summed E-state index contributed by atoms with van der Waals surface area (Å²) >= 11 is 0. The molecule has 33 heavy (non-hydrogen) atoms. The van der Waals surface area contributed by atoms with Crippen molar-refractivity contribution < 1.29 is 9.18 Å². The van der Waals surface area contributed by atoms with Gasteiger partial charge in [0.25, 0.3) is 0 Å². The number of nitrogens with zero attached hydrogens (tertiary/aromatic N) is 5. The molecule has 5 rings (SSSR count). The first-order valence-corrected chi connectivity index (χ1v) is 10.3. The van der Waals surface area contributed by atoms with Gasteiger partial charge in [-0.3, -0.25) is 14.3 Å². The van der Waals surface area contributed by atoms with Crippen LogP contribution in [-0.2, 0) is 11.8 Å². The van der Waals surface area contributed by atoms with Crippen LogP contribution in [0, 0.1) is 24.1 Å². The van der Waals surface area contributed by atoms with Crippen molar-refractivity contribution in [2.75, 3.05) is 0 Å². The summed E-state index contributed by atoms with van der Waals surface area (Å²) in [6.07, 6.45) is 2.26. The second-order valence-electron chi connectivity index (χ2n) is 7.77. The molecule has 3 aromatic carbocycles. The highest BCUT2D eigenvalue weighted by atomic mass is 19.1. The second kappa shape index (κ2) is 7.84. The molecule has 0 aliphatic carbocycles. The quantitative estimate of drug-likeness (QED) is 0.390. The van der Waals surface area contributed by atoms with Crippen LogP contribution in [0.2, 0.25) is 0 Å². The summed E-state index contributed by atoms with van der Waals surface area (Å²) in [5, 5.41) is 10.3. The Kier molecular flexibility index (Phi) is 4.83. The van der Waals surface area contributed by atoms with E-state index in [0.29, 0.717) is 17.6 Å². The van der Waals surface area contributed by atoms with Gasteiger partial charge in [0, 0.05) is 12.4 Å². The molecule has 0 bridgehead atoms.